The number of nitriles is 1. The topological polar surface area (TPSA) is 88.2 Å². The molecule has 7 heteroatoms. The molecule has 0 atom stereocenters. The molecule has 3 aromatic rings. The van der Waals surface area contributed by atoms with Gasteiger partial charge in [0.25, 0.3) is 11.8 Å². The van der Waals surface area contributed by atoms with Crippen LogP contribution in [-0.2, 0) is 9.59 Å². The highest BCUT2D eigenvalue weighted by molar-refractivity contribution is 6.19. The highest BCUT2D eigenvalue weighted by Gasteiger charge is 2.35. The molecule has 182 valence electrons. The minimum Gasteiger partial charge on any atom is -0.491 e. The Morgan fingerprint density at radius 1 is 1.06 bits per heavy atom. The minimum atomic E-state index is -0.542. The maximum absolute atomic E-state index is 13.3. The molecular formula is C29H28N4O3. The third kappa shape index (κ3) is 4.84. The van der Waals surface area contributed by atoms with Crippen LogP contribution in [0, 0.1) is 11.3 Å². The van der Waals surface area contributed by atoms with Crippen molar-refractivity contribution in [3.05, 3.63) is 83.1 Å². The molecule has 0 N–H and O–H groups in total. The first kappa shape index (κ1) is 24.7. The maximum atomic E-state index is 13.3. The Hall–Kier alpha value is -4.44. The van der Waals surface area contributed by atoms with Gasteiger partial charge in [0.1, 0.15) is 17.4 Å². The van der Waals surface area contributed by atoms with Gasteiger partial charge in [0.2, 0.25) is 0 Å². The predicted octanol–water partition coefficient (Wildman–Crippen LogP) is 5.33. The summed E-state index contributed by atoms with van der Waals surface area (Å²) < 4.78 is 7.53. The van der Waals surface area contributed by atoms with E-state index in [1.807, 2.05) is 87.6 Å². The van der Waals surface area contributed by atoms with Crippen molar-refractivity contribution < 1.29 is 14.3 Å². The normalized spacial score (nSPS) is 15.1. The second kappa shape index (κ2) is 10.4. The number of nitrogens with zero attached hydrogens (tertiary/aromatic N) is 4. The van der Waals surface area contributed by atoms with Crippen molar-refractivity contribution in [2.45, 2.75) is 40.2 Å². The fraction of sp³-hybridized carbons (Fsp3) is 0.241. The summed E-state index contributed by atoms with van der Waals surface area (Å²) >= 11 is 0. The Morgan fingerprint density at radius 3 is 2.36 bits per heavy atom. The van der Waals surface area contributed by atoms with E-state index >= 15 is 0 Å². The summed E-state index contributed by atoms with van der Waals surface area (Å²) in [6.45, 7) is 7.72. The van der Waals surface area contributed by atoms with Gasteiger partial charge in [-0.25, -0.2) is 4.68 Å². The van der Waals surface area contributed by atoms with Crippen molar-refractivity contribution in [2.75, 3.05) is 6.54 Å². The largest absolute Gasteiger partial charge is 0.491 e. The van der Waals surface area contributed by atoms with E-state index in [2.05, 4.69) is 0 Å². The Morgan fingerprint density at radius 2 is 1.75 bits per heavy atom. The monoisotopic (exact) mass is 480 g/mol. The van der Waals surface area contributed by atoms with E-state index < -0.39 is 11.8 Å². The van der Waals surface area contributed by atoms with Crippen molar-refractivity contribution in [3.63, 3.8) is 0 Å². The molecule has 2 amide bonds. The zero-order valence-electron chi connectivity index (χ0n) is 20.9. The van der Waals surface area contributed by atoms with Crippen LogP contribution in [0.1, 0.15) is 39.7 Å². The molecule has 1 aliphatic rings. The van der Waals surface area contributed by atoms with Crippen molar-refractivity contribution in [2.24, 2.45) is 0 Å². The van der Waals surface area contributed by atoms with Gasteiger partial charge >= 0.3 is 0 Å². The van der Waals surface area contributed by atoms with Gasteiger partial charge < -0.3 is 4.74 Å². The van der Waals surface area contributed by atoms with Crippen LogP contribution >= 0.6 is 0 Å². The average Bonchev–Trinajstić information content (AvgIpc) is 3.29. The van der Waals surface area contributed by atoms with Crippen LogP contribution in [0.3, 0.4) is 0 Å². The van der Waals surface area contributed by atoms with E-state index in [0.717, 1.165) is 21.9 Å². The standard InChI is InChI=1S/C29H28N4O3/c1-5-15-32-28(34)25(20(4)26(17-30)29(32)35)16-22-18-33(23-9-7-6-8-10-23)31-27(22)21-11-13-24(14-12-21)36-19(2)3/h6-14,16,18-19H,5,15H2,1-4H3/b25-16+. The van der Waals surface area contributed by atoms with Gasteiger partial charge in [0.15, 0.2) is 0 Å². The number of hydrogen-bond acceptors (Lipinski definition) is 5. The summed E-state index contributed by atoms with van der Waals surface area (Å²) in [6.07, 6.45) is 4.24. The molecule has 0 radical (unpaired) electrons. The lowest BCUT2D eigenvalue weighted by molar-refractivity contribution is -0.140. The van der Waals surface area contributed by atoms with Crippen molar-refractivity contribution >= 4 is 17.9 Å². The SMILES string of the molecule is CCCN1C(=O)C(C#N)=C(C)/C(=C\c2cn(-c3ccccc3)nc2-c2ccc(OC(C)C)cc2)C1=O. The second-order valence-electron chi connectivity index (χ2n) is 8.84. The molecule has 4 rings (SSSR count). The summed E-state index contributed by atoms with van der Waals surface area (Å²) in [5, 5.41) is 14.5. The quantitative estimate of drug-likeness (QED) is 0.337. The Balaban J connectivity index is 1.87. The lowest BCUT2D eigenvalue weighted by Crippen LogP contribution is -2.43. The Labute approximate surface area is 210 Å². The van der Waals surface area contributed by atoms with Gasteiger partial charge in [0, 0.05) is 29.4 Å². The molecule has 0 fully saturated rings. The number of hydrogen-bond donors (Lipinski definition) is 0. The minimum absolute atomic E-state index is 0.0125. The number of amides is 2. The number of carbonyl (C=O) groups is 2. The molecular weight excluding hydrogens is 452 g/mol. The number of rotatable bonds is 7. The molecule has 36 heavy (non-hydrogen) atoms. The summed E-state index contributed by atoms with van der Waals surface area (Å²) in [6, 6.07) is 19.3. The zero-order valence-corrected chi connectivity index (χ0v) is 20.9. The number of benzene rings is 2. The van der Waals surface area contributed by atoms with Crippen LogP contribution in [0.25, 0.3) is 23.0 Å². The first-order chi connectivity index (χ1) is 17.3. The van der Waals surface area contributed by atoms with Gasteiger partial charge in [-0.2, -0.15) is 10.4 Å². The number of imide groups is 1. The molecule has 1 aromatic heterocycles. The molecule has 7 nitrogen and oxygen atoms in total. The fourth-order valence-electron chi connectivity index (χ4n) is 4.11. The van der Waals surface area contributed by atoms with Crippen LogP contribution in [0.2, 0.25) is 0 Å². The van der Waals surface area contributed by atoms with Crippen LogP contribution in [0.4, 0.5) is 0 Å². The zero-order chi connectivity index (χ0) is 25.8. The first-order valence-corrected chi connectivity index (χ1v) is 12.0. The fourth-order valence-corrected chi connectivity index (χ4v) is 4.11. The van der Waals surface area contributed by atoms with Crippen LogP contribution in [-0.4, -0.2) is 39.1 Å². The van der Waals surface area contributed by atoms with E-state index in [1.54, 1.807) is 17.7 Å². The van der Waals surface area contributed by atoms with Gasteiger partial charge in [-0.15, -0.1) is 0 Å². The molecule has 0 unspecified atom stereocenters. The Kier molecular flexibility index (Phi) is 7.16. The molecule has 0 aliphatic carbocycles. The molecule has 2 heterocycles. The van der Waals surface area contributed by atoms with Crippen LogP contribution < -0.4 is 4.74 Å². The summed E-state index contributed by atoms with van der Waals surface area (Å²) in [4.78, 5) is 27.2. The van der Waals surface area contributed by atoms with Crippen LogP contribution in [0.15, 0.2) is 77.5 Å². The van der Waals surface area contributed by atoms with Gasteiger partial charge in [-0.05, 0) is 75.2 Å². The molecule has 0 saturated heterocycles. The third-order valence-corrected chi connectivity index (χ3v) is 5.84. The first-order valence-electron chi connectivity index (χ1n) is 12.0. The number of carbonyl (C=O) groups excluding carboxylic acids is 2. The molecule has 2 aromatic carbocycles. The lowest BCUT2D eigenvalue weighted by atomic mass is 9.93. The number of aromatic nitrogens is 2. The Bertz CT molecular complexity index is 1390. The molecule has 1 aliphatic heterocycles. The highest BCUT2D eigenvalue weighted by Crippen LogP contribution is 2.32. The highest BCUT2D eigenvalue weighted by atomic mass is 16.5. The van der Waals surface area contributed by atoms with Gasteiger partial charge in [-0.1, -0.05) is 25.1 Å². The van der Waals surface area contributed by atoms with Gasteiger partial charge in [0.05, 0.1) is 17.5 Å². The van der Waals surface area contributed by atoms with Crippen LogP contribution in [0.5, 0.6) is 5.75 Å². The van der Waals surface area contributed by atoms with Crippen molar-refractivity contribution in [1.82, 2.24) is 14.7 Å². The van der Waals surface area contributed by atoms with E-state index in [9.17, 15) is 14.9 Å². The van der Waals surface area contributed by atoms with E-state index in [1.165, 1.54) is 0 Å². The van der Waals surface area contributed by atoms with Crippen molar-refractivity contribution in [1.29, 1.82) is 5.26 Å². The van der Waals surface area contributed by atoms with E-state index in [-0.39, 0.29) is 18.2 Å². The summed E-state index contributed by atoms with van der Waals surface area (Å²) in [5.41, 5.74) is 3.75. The average molecular weight is 481 g/mol. The van der Waals surface area contributed by atoms with E-state index in [4.69, 9.17) is 9.84 Å². The summed E-state index contributed by atoms with van der Waals surface area (Å²) in [5.74, 6) is -0.192. The summed E-state index contributed by atoms with van der Waals surface area (Å²) in [7, 11) is 0. The smallest absolute Gasteiger partial charge is 0.271 e. The molecule has 0 bridgehead atoms. The molecule has 0 saturated carbocycles. The van der Waals surface area contributed by atoms with E-state index in [0.29, 0.717) is 28.8 Å². The lowest BCUT2D eigenvalue weighted by Gasteiger charge is -2.27. The van der Waals surface area contributed by atoms with Gasteiger partial charge in [-0.3, -0.25) is 14.5 Å². The predicted molar refractivity (Wildman–Crippen MR) is 138 cm³/mol. The number of para-hydroxylation sites is 1. The molecule has 0 spiro atoms. The third-order valence-electron chi connectivity index (χ3n) is 5.84. The maximum Gasteiger partial charge on any atom is 0.271 e. The second-order valence-corrected chi connectivity index (χ2v) is 8.84. The van der Waals surface area contributed by atoms with Crippen molar-refractivity contribution in [3.8, 4) is 28.8 Å². The number of ether oxygens (including phenoxy) is 1.